The van der Waals surface area contributed by atoms with Crippen LogP contribution < -0.4 is 4.90 Å². The van der Waals surface area contributed by atoms with E-state index in [0.717, 1.165) is 4.90 Å². The van der Waals surface area contributed by atoms with E-state index in [2.05, 4.69) is 0 Å². The SMILES string of the molecule is Cc1c(N2C(=O)O[C@]3(CCC[C@H]3O)C2=O)ccc(C#N)c1Cl. The van der Waals surface area contributed by atoms with Crippen molar-refractivity contribution in [2.75, 3.05) is 4.90 Å². The molecule has 22 heavy (non-hydrogen) atoms. The Balaban J connectivity index is 2.07. The molecule has 1 saturated heterocycles. The minimum atomic E-state index is -1.48. The number of carbonyl (C=O) groups excluding carboxylic acids is 2. The van der Waals surface area contributed by atoms with Gasteiger partial charge in [0.15, 0.2) is 0 Å². The number of hydrogen-bond donors (Lipinski definition) is 1. The van der Waals surface area contributed by atoms with E-state index in [1.54, 1.807) is 6.92 Å². The first-order valence-corrected chi connectivity index (χ1v) is 7.25. The molecule has 114 valence electrons. The Morgan fingerprint density at radius 2 is 2.23 bits per heavy atom. The minimum absolute atomic E-state index is 0.188. The molecule has 2 aliphatic rings. The maximum absolute atomic E-state index is 12.7. The van der Waals surface area contributed by atoms with Gasteiger partial charge in [0, 0.05) is 0 Å². The Kier molecular flexibility index (Phi) is 3.35. The molecule has 2 atom stereocenters. The lowest BCUT2D eigenvalue weighted by molar-refractivity contribution is -0.137. The lowest BCUT2D eigenvalue weighted by Crippen LogP contribution is -2.47. The molecule has 2 fully saturated rings. The molecule has 7 heteroatoms. The maximum atomic E-state index is 12.7. The average Bonchev–Trinajstić information content (AvgIpc) is 2.96. The molecular weight excluding hydrogens is 308 g/mol. The first-order chi connectivity index (χ1) is 10.4. The van der Waals surface area contributed by atoms with Crippen molar-refractivity contribution in [1.29, 1.82) is 5.26 Å². The van der Waals surface area contributed by atoms with Gasteiger partial charge in [-0.25, -0.2) is 9.69 Å². The smallest absolute Gasteiger partial charge is 0.422 e. The molecule has 0 radical (unpaired) electrons. The third-order valence-corrected chi connectivity index (χ3v) is 4.79. The number of halogens is 1. The van der Waals surface area contributed by atoms with Crippen LogP contribution in [0.4, 0.5) is 10.5 Å². The largest absolute Gasteiger partial charge is 0.429 e. The van der Waals surface area contributed by atoms with Crippen molar-refractivity contribution in [2.24, 2.45) is 0 Å². The van der Waals surface area contributed by atoms with Crippen LogP contribution in [-0.2, 0) is 9.53 Å². The zero-order valence-electron chi connectivity index (χ0n) is 11.8. The molecule has 1 aromatic carbocycles. The number of imide groups is 1. The summed E-state index contributed by atoms with van der Waals surface area (Å²) in [5.74, 6) is -0.577. The van der Waals surface area contributed by atoms with Crippen LogP contribution in [0, 0.1) is 18.3 Å². The molecule has 3 rings (SSSR count). The molecule has 6 nitrogen and oxygen atoms in total. The highest BCUT2D eigenvalue weighted by atomic mass is 35.5. The predicted molar refractivity (Wildman–Crippen MR) is 77.5 cm³/mol. The second-order valence-electron chi connectivity index (χ2n) is 5.49. The molecule has 1 aliphatic heterocycles. The molecule has 0 unspecified atom stereocenters. The summed E-state index contributed by atoms with van der Waals surface area (Å²) in [4.78, 5) is 25.8. The topological polar surface area (TPSA) is 90.6 Å². The summed E-state index contributed by atoms with van der Waals surface area (Å²) >= 11 is 6.09. The van der Waals surface area contributed by atoms with E-state index in [1.807, 2.05) is 6.07 Å². The van der Waals surface area contributed by atoms with Gasteiger partial charge in [-0.2, -0.15) is 5.26 Å². The van der Waals surface area contributed by atoms with E-state index >= 15 is 0 Å². The fraction of sp³-hybridized carbons (Fsp3) is 0.400. The van der Waals surface area contributed by atoms with Gasteiger partial charge >= 0.3 is 6.09 Å². The zero-order valence-corrected chi connectivity index (χ0v) is 12.6. The number of nitrogens with zero attached hydrogens (tertiary/aromatic N) is 2. The summed E-state index contributed by atoms with van der Waals surface area (Å²) in [5, 5.41) is 19.2. The highest BCUT2D eigenvalue weighted by Crippen LogP contribution is 2.43. The highest BCUT2D eigenvalue weighted by Gasteiger charge is 2.61. The number of aliphatic hydroxyl groups is 1. The van der Waals surface area contributed by atoms with Gasteiger partial charge in [0.05, 0.1) is 16.3 Å². The fourth-order valence-corrected chi connectivity index (χ4v) is 3.26. The molecule has 1 heterocycles. The maximum Gasteiger partial charge on any atom is 0.422 e. The van der Waals surface area contributed by atoms with Crippen LogP contribution in [0.2, 0.25) is 5.02 Å². The number of nitriles is 1. The average molecular weight is 321 g/mol. The standard InChI is InChI=1S/C15H13ClN2O4/c1-8-10(5-4-9(7-17)12(8)16)18-13(20)15(22-14(18)21)6-2-3-11(15)19/h4-5,11,19H,2-3,6H2,1H3/t11-,15+/m1/s1. The molecule has 0 aromatic heterocycles. The van der Waals surface area contributed by atoms with E-state index in [1.165, 1.54) is 12.1 Å². The lowest BCUT2D eigenvalue weighted by Gasteiger charge is -2.23. The van der Waals surface area contributed by atoms with Gasteiger partial charge in [0.25, 0.3) is 5.91 Å². The summed E-state index contributed by atoms with van der Waals surface area (Å²) in [6.45, 7) is 1.62. The van der Waals surface area contributed by atoms with Crippen LogP contribution in [0.1, 0.15) is 30.4 Å². The number of benzene rings is 1. The first-order valence-electron chi connectivity index (χ1n) is 6.87. The van der Waals surface area contributed by atoms with Crippen molar-refractivity contribution in [2.45, 2.75) is 37.9 Å². The Labute approximate surface area is 131 Å². The number of carbonyl (C=O) groups is 2. The Hall–Kier alpha value is -2.10. The summed E-state index contributed by atoms with van der Waals surface area (Å²) < 4.78 is 5.23. The molecule has 1 spiro atoms. The van der Waals surface area contributed by atoms with Crippen molar-refractivity contribution in [1.82, 2.24) is 0 Å². The summed E-state index contributed by atoms with van der Waals surface area (Å²) in [5.41, 5.74) is -0.506. The van der Waals surface area contributed by atoms with Crippen molar-refractivity contribution in [3.8, 4) is 6.07 Å². The van der Waals surface area contributed by atoms with Crippen molar-refractivity contribution >= 4 is 29.3 Å². The molecule has 1 aromatic rings. The lowest BCUT2D eigenvalue weighted by atomic mass is 9.98. The molecule has 1 N–H and O–H groups in total. The highest BCUT2D eigenvalue weighted by molar-refractivity contribution is 6.33. The van der Waals surface area contributed by atoms with Crippen LogP contribution in [0.15, 0.2) is 12.1 Å². The van der Waals surface area contributed by atoms with Crippen LogP contribution in [0.3, 0.4) is 0 Å². The third-order valence-electron chi connectivity index (χ3n) is 4.30. The number of hydrogen-bond acceptors (Lipinski definition) is 5. The van der Waals surface area contributed by atoms with Gasteiger partial charge in [0.1, 0.15) is 12.2 Å². The van der Waals surface area contributed by atoms with Gasteiger partial charge in [-0.15, -0.1) is 0 Å². The van der Waals surface area contributed by atoms with E-state index in [4.69, 9.17) is 21.6 Å². The summed E-state index contributed by atoms with van der Waals surface area (Å²) in [7, 11) is 0. The van der Waals surface area contributed by atoms with E-state index in [-0.39, 0.29) is 16.3 Å². The van der Waals surface area contributed by atoms with E-state index in [0.29, 0.717) is 24.8 Å². The molecule has 0 bridgehead atoms. The first kappa shape index (κ1) is 14.8. The van der Waals surface area contributed by atoms with Crippen molar-refractivity contribution in [3.63, 3.8) is 0 Å². The fourth-order valence-electron chi connectivity index (χ4n) is 3.05. The monoisotopic (exact) mass is 320 g/mol. The number of ether oxygens (including phenoxy) is 1. The number of rotatable bonds is 1. The van der Waals surface area contributed by atoms with Gasteiger partial charge in [0.2, 0.25) is 5.60 Å². The van der Waals surface area contributed by atoms with Crippen LogP contribution in [0.5, 0.6) is 0 Å². The van der Waals surface area contributed by atoms with Crippen LogP contribution >= 0.6 is 11.6 Å². The number of aliphatic hydroxyl groups excluding tert-OH is 1. The summed E-state index contributed by atoms with van der Waals surface area (Å²) in [6, 6.07) is 4.87. The normalized spacial score (nSPS) is 27.4. The van der Waals surface area contributed by atoms with Crippen LogP contribution in [0.25, 0.3) is 0 Å². The molecule has 1 saturated carbocycles. The van der Waals surface area contributed by atoms with Crippen molar-refractivity contribution < 1.29 is 19.4 Å². The Morgan fingerprint density at radius 1 is 1.50 bits per heavy atom. The Morgan fingerprint density at radius 3 is 2.82 bits per heavy atom. The second kappa shape index (κ2) is 4.97. The number of anilines is 1. The molecule has 1 aliphatic carbocycles. The molecule has 2 amide bonds. The van der Waals surface area contributed by atoms with Gasteiger partial charge in [-0.3, -0.25) is 4.79 Å². The van der Waals surface area contributed by atoms with Crippen molar-refractivity contribution in [3.05, 3.63) is 28.3 Å². The van der Waals surface area contributed by atoms with Gasteiger partial charge < -0.3 is 9.84 Å². The van der Waals surface area contributed by atoms with Gasteiger partial charge in [-0.05, 0) is 43.9 Å². The quantitative estimate of drug-likeness (QED) is 0.857. The van der Waals surface area contributed by atoms with E-state index in [9.17, 15) is 14.7 Å². The summed E-state index contributed by atoms with van der Waals surface area (Å²) in [6.07, 6.45) is -0.489. The Bertz CT molecular complexity index is 727. The third kappa shape index (κ3) is 1.83. The van der Waals surface area contributed by atoms with Crippen LogP contribution in [-0.4, -0.2) is 28.8 Å². The minimum Gasteiger partial charge on any atom is -0.429 e. The zero-order chi connectivity index (χ0) is 16.1. The van der Waals surface area contributed by atoms with E-state index < -0.39 is 23.7 Å². The number of amides is 2. The van der Waals surface area contributed by atoms with Gasteiger partial charge in [-0.1, -0.05) is 11.6 Å². The molecular formula is C15H13ClN2O4. The second-order valence-corrected chi connectivity index (χ2v) is 5.87. The predicted octanol–water partition coefficient (Wildman–Crippen LogP) is 2.29.